The van der Waals surface area contributed by atoms with Crippen LogP contribution in [0.25, 0.3) is 10.2 Å². The van der Waals surface area contributed by atoms with Crippen molar-refractivity contribution in [3.63, 3.8) is 0 Å². The van der Waals surface area contributed by atoms with Crippen LogP contribution in [0, 0.1) is 11.6 Å². The van der Waals surface area contributed by atoms with E-state index in [1.807, 2.05) is 18.2 Å². The molecule has 2 N–H and O–H groups in total. The van der Waals surface area contributed by atoms with Crippen molar-refractivity contribution in [1.29, 1.82) is 0 Å². The van der Waals surface area contributed by atoms with Crippen LogP contribution < -0.4 is 10.1 Å². The lowest BCUT2D eigenvalue weighted by Gasteiger charge is -2.33. The summed E-state index contributed by atoms with van der Waals surface area (Å²) in [7, 11) is 0. The Morgan fingerprint density at radius 3 is 2.59 bits per heavy atom. The molecule has 1 aliphatic rings. The molecule has 3 aromatic rings. The first-order chi connectivity index (χ1) is 14.6. The molecule has 0 bridgehead atoms. The van der Waals surface area contributed by atoms with Gasteiger partial charge in [0.2, 0.25) is 0 Å². The molecule has 0 amide bonds. The molecule has 1 saturated heterocycles. The average molecular weight is 506 g/mol. The van der Waals surface area contributed by atoms with Crippen molar-refractivity contribution in [3.05, 3.63) is 59.1 Å². The van der Waals surface area contributed by atoms with Crippen LogP contribution in [-0.2, 0) is 6.54 Å². The Kier molecular flexibility index (Phi) is 10.5. The number of β-amino-alcohol motifs (C(OH)–C–C–N with tert-alkyl or cyclic N) is 1. The van der Waals surface area contributed by atoms with E-state index in [1.165, 1.54) is 10.8 Å². The van der Waals surface area contributed by atoms with Crippen molar-refractivity contribution >= 4 is 46.4 Å². The van der Waals surface area contributed by atoms with Crippen molar-refractivity contribution in [1.82, 2.24) is 15.2 Å². The number of aliphatic hydroxyl groups excluding tert-OH is 1. The Bertz CT molecular complexity index is 954. The molecule has 2 heterocycles. The predicted octanol–water partition coefficient (Wildman–Crippen LogP) is 4.41. The molecule has 1 aliphatic heterocycles. The van der Waals surface area contributed by atoms with Crippen LogP contribution in [0.2, 0.25) is 0 Å². The number of nitrogens with zero attached hydrogens (tertiary/aromatic N) is 2. The third-order valence-corrected chi connectivity index (χ3v) is 6.31. The van der Waals surface area contributed by atoms with E-state index in [0.717, 1.165) is 55.1 Å². The molecule has 2 aromatic carbocycles. The molecular weight excluding hydrogens is 479 g/mol. The van der Waals surface area contributed by atoms with Gasteiger partial charge in [-0.1, -0.05) is 12.1 Å². The van der Waals surface area contributed by atoms with Gasteiger partial charge in [-0.3, -0.25) is 0 Å². The zero-order valence-electron chi connectivity index (χ0n) is 17.4. The number of benzene rings is 2. The smallest absolute Gasteiger partial charge is 0.162 e. The first-order valence-electron chi connectivity index (χ1n) is 10.1. The molecule has 10 heteroatoms. The number of para-hydroxylation sites is 1. The lowest BCUT2D eigenvalue weighted by molar-refractivity contribution is 0.0577. The molecule has 32 heavy (non-hydrogen) atoms. The van der Waals surface area contributed by atoms with Crippen molar-refractivity contribution in [2.24, 2.45) is 0 Å². The van der Waals surface area contributed by atoms with E-state index in [1.54, 1.807) is 11.3 Å². The molecule has 4 rings (SSSR count). The summed E-state index contributed by atoms with van der Waals surface area (Å²) in [5, 5.41) is 14.9. The van der Waals surface area contributed by atoms with E-state index in [9.17, 15) is 13.9 Å². The van der Waals surface area contributed by atoms with Gasteiger partial charge < -0.3 is 20.1 Å². The number of aromatic nitrogens is 1. The highest BCUT2D eigenvalue weighted by atomic mass is 35.5. The summed E-state index contributed by atoms with van der Waals surface area (Å²) < 4.78 is 32.7. The normalized spacial score (nSPS) is 15.7. The highest BCUT2D eigenvalue weighted by Gasteiger charge is 2.21. The first kappa shape index (κ1) is 26.7. The van der Waals surface area contributed by atoms with Gasteiger partial charge in [-0.25, -0.2) is 13.8 Å². The summed E-state index contributed by atoms with van der Waals surface area (Å²) in [4.78, 5) is 6.86. The molecule has 1 fully saturated rings. The van der Waals surface area contributed by atoms with Gasteiger partial charge in [0.1, 0.15) is 23.5 Å². The lowest BCUT2D eigenvalue weighted by atomic mass is 10.0. The number of fused-ring (bicyclic) bond motifs is 1. The molecule has 1 aromatic heterocycles. The second-order valence-electron chi connectivity index (χ2n) is 7.57. The molecule has 0 radical (unpaired) electrons. The first-order valence-corrected chi connectivity index (χ1v) is 10.9. The number of thiazole rings is 1. The number of likely N-dealkylation sites (tertiary alicyclic amines) is 1. The van der Waals surface area contributed by atoms with Gasteiger partial charge >= 0.3 is 0 Å². The van der Waals surface area contributed by atoms with Gasteiger partial charge in [0.25, 0.3) is 0 Å². The summed E-state index contributed by atoms with van der Waals surface area (Å²) in [6.45, 7) is 3.09. The largest absolute Gasteiger partial charge is 0.491 e. The standard InChI is InChI=1S/C22H25F2N3O2S.2ClH/c23-18-6-5-17(11-19(18)24)29-14-16(28)13-27-9-7-15(8-10-27)25-12-22-26-20-3-1-2-4-21(20)30-22;;/h1-6,11,15-16,25,28H,7-10,12-14H2;2*1H. The van der Waals surface area contributed by atoms with E-state index >= 15 is 0 Å². The minimum Gasteiger partial charge on any atom is -0.491 e. The van der Waals surface area contributed by atoms with Gasteiger partial charge in [-0.2, -0.15) is 0 Å². The maximum Gasteiger partial charge on any atom is 0.162 e. The maximum absolute atomic E-state index is 13.2. The quantitative estimate of drug-likeness (QED) is 0.474. The van der Waals surface area contributed by atoms with Crippen LogP contribution >= 0.6 is 36.2 Å². The number of rotatable bonds is 8. The van der Waals surface area contributed by atoms with Crippen molar-refractivity contribution < 1.29 is 18.6 Å². The van der Waals surface area contributed by atoms with Crippen LogP contribution in [-0.4, -0.2) is 53.4 Å². The van der Waals surface area contributed by atoms with Crippen molar-refractivity contribution in [2.45, 2.75) is 31.5 Å². The fourth-order valence-electron chi connectivity index (χ4n) is 3.66. The van der Waals surface area contributed by atoms with Crippen molar-refractivity contribution in [2.75, 3.05) is 26.2 Å². The molecule has 0 spiro atoms. The average Bonchev–Trinajstić information content (AvgIpc) is 3.17. The molecule has 0 saturated carbocycles. The van der Waals surface area contributed by atoms with E-state index in [2.05, 4.69) is 21.3 Å². The Hall–Kier alpha value is -1.55. The third kappa shape index (κ3) is 7.23. The van der Waals surface area contributed by atoms with Gasteiger partial charge in [-0.05, 0) is 50.2 Å². The number of hydrogen-bond acceptors (Lipinski definition) is 6. The van der Waals surface area contributed by atoms with Crippen LogP contribution in [0.1, 0.15) is 17.8 Å². The monoisotopic (exact) mass is 505 g/mol. The third-order valence-electron chi connectivity index (χ3n) is 5.27. The van der Waals surface area contributed by atoms with Gasteiger partial charge in [-0.15, -0.1) is 36.2 Å². The summed E-state index contributed by atoms with van der Waals surface area (Å²) >= 11 is 1.72. The highest BCUT2D eigenvalue weighted by molar-refractivity contribution is 7.18. The number of hydrogen-bond donors (Lipinski definition) is 2. The number of aliphatic hydroxyl groups is 1. The molecule has 1 unspecified atom stereocenters. The molecular formula is C22H27Cl2F2N3O2S. The van der Waals surface area contributed by atoms with Gasteiger partial charge in [0, 0.05) is 25.2 Å². The van der Waals surface area contributed by atoms with E-state index in [-0.39, 0.29) is 37.2 Å². The van der Waals surface area contributed by atoms with E-state index in [0.29, 0.717) is 12.6 Å². The highest BCUT2D eigenvalue weighted by Crippen LogP contribution is 2.22. The van der Waals surface area contributed by atoms with Crippen LogP contribution in [0.4, 0.5) is 8.78 Å². The topological polar surface area (TPSA) is 57.6 Å². The lowest BCUT2D eigenvalue weighted by Crippen LogP contribution is -2.45. The minimum atomic E-state index is -0.956. The number of nitrogens with one attached hydrogen (secondary N) is 1. The van der Waals surface area contributed by atoms with Crippen LogP contribution in [0.15, 0.2) is 42.5 Å². The zero-order valence-corrected chi connectivity index (χ0v) is 19.8. The molecule has 5 nitrogen and oxygen atoms in total. The Morgan fingerprint density at radius 2 is 1.88 bits per heavy atom. The Labute approximate surface area is 202 Å². The predicted molar refractivity (Wildman–Crippen MR) is 128 cm³/mol. The summed E-state index contributed by atoms with van der Waals surface area (Å²) in [5.74, 6) is -1.66. The second kappa shape index (κ2) is 12.6. The minimum absolute atomic E-state index is 0. The van der Waals surface area contributed by atoms with E-state index in [4.69, 9.17) is 4.74 Å². The van der Waals surface area contributed by atoms with E-state index < -0.39 is 17.7 Å². The molecule has 1 atom stereocenters. The van der Waals surface area contributed by atoms with Crippen molar-refractivity contribution in [3.8, 4) is 5.75 Å². The summed E-state index contributed by atoms with van der Waals surface area (Å²) in [6.07, 6.45) is 1.31. The number of halogens is 4. The fraction of sp³-hybridized carbons (Fsp3) is 0.409. The Morgan fingerprint density at radius 1 is 1.12 bits per heavy atom. The van der Waals surface area contributed by atoms with Gasteiger partial charge in [0.15, 0.2) is 11.6 Å². The number of piperidine rings is 1. The number of ether oxygens (including phenoxy) is 1. The Balaban J connectivity index is 0.00000181. The summed E-state index contributed by atoms with van der Waals surface area (Å²) in [5.41, 5.74) is 1.05. The fourth-order valence-corrected chi connectivity index (χ4v) is 4.57. The summed E-state index contributed by atoms with van der Waals surface area (Å²) in [6, 6.07) is 12.0. The maximum atomic E-state index is 13.2. The van der Waals surface area contributed by atoms with Gasteiger partial charge in [0.05, 0.1) is 10.2 Å². The second-order valence-corrected chi connectivity index (χ2v) is 8.69. The van der Waals surface area contributed by atoms with Crippen LogP contribution in [0.5, 0.6) is 5.75 Å². The SMILES string of the molecule is Cl.Cl.OC(COc1ccc(F)c(F)c1)CN1CCC(NCc2nc3ccccc3s2)CC1. The molecule has 0 aliphatic carbocycles. The van der Waals surface area contributed by atoms with Crippen LogP contribution in [0.3, 0.4) is 0 Å². The molecule has 176 valence electrons. The zero-order chi connectivity index (χ0) is 20.9.